The monoisotopic (exact) mass is 496 g/mol. The molecule has 2 aliphatic heterocycles. The largest absolute Gasteiger partial charge is 0.339 e. The van der Waals surface area contributed by atoms with Crippen molar-refractivity contribution in [3.8, 4) is 0 Å². The van der Waals surface area contributed by atoms with Gasteiger partial charge in [-0.15, -0.1) is 11.3 Å². The first-order valence-corrected chi connectivity index (χ1v) is 13.9. The normalized spacial score (nSPS) is 20.5. The molecule has 3 aromatic rings. The van der Waals surface area contributed by atoms with Crippen molar-refractivity contribution < 1.29 is 13.2 Å². The van der Waals surface area contributed by atoms with Gasteiger partial charge < -0.3 is 4.90 Å². The zero-order chi connectivity index (χ0) is 23.5. The molecule has 0 spiro atoms. The molecule has 178 valence electrons. The smallest absolute Gasteiger partial charge is 0.236 e. The van der Waals surface area contributed by atoms with Crippen LogP contribution in [0.25, 0.3) is 16.3 Å². The predicted octanol–water partition coefficient (Wildman–Crippen LogP) is 3.58. The van der Waals surface area contributed by atoms with Gasteiger partial charge in [0, 0.05) is 31.6 Å². The van der Waals surface area contributed by atoms with Crippen LogP contribution in [0.2, 0.25) is 0 Å². The van der Waals surface area contributed by atoms with Gasteiger partial charge in [0.1, 0.15) is 5.01 Å². The molecule has 1 aromatic heterocycles. The Kier molecular flexibility index (Phi) is 6.78. The molecule has 0 aliphatic carbocycles. The van der Waals surface area contributed by atoms with Crippen LogP contribution in [0.15, 0.2) is 60.0 Å². The lowest BCUT2D eigenvalue weighted by Crippen LogP contribution is -2.52. The average Bonchev–Trinajstić information content (AvgIpc) is 3.50. The Morgan fingerprint density at radius 1 is 1.00 bits per heavy atom. The molecule has 2 aliphatic rings. The summed E-state index contributed by atoms with van der Waals surface area (Å²) in [6, 6.07) is 17.7. The lowest BCUT2D eigenvalue weighted by Gasteiger charge is -2.34. The molecule has 2 saturated heterocycles. The fourth-order valence-electron chi connectivity index (χ4n) is 4.61. The Hall–Kier alpha value is -2.59. The summed E-state index contributed by atoms with van der Waals surface area (Å²) in [5, 5.41) is 2.33. The van der Waals surface area contributed by atoms with Gasteiger partial charge in [0.05, 0.1) is 22.8 Å². The van der Waals surface area contributed by atoms with E-state index < -0.39 is 10.0 Å². The molecule has 2 fully saturated rings. The van der Waals surface area contributed by atoms with Crippen LogP contribution in [0.1, 0.15) is 29.5 Å². The number of likely N-dealkylation sites (tertiary alicyclic amines) is 1. The highest BCUT2D eigenvalue weighted by Gasteiger charge is 2.33. The molecule has 1 unspecified atom stereocenters. The fourth-order valence-corrected chi connectivity index (χ4v) is 6.92. The van der Waals surface area contributed by atoms with Crippen molar-refractivity contribution >= 4 is 43.6 Å². The quantitative estimate of drug-likeness (QED) is 0.522. The summed E-state index contributed by atoms with van der Waals surface area (Å²) in [7, 11) is -3.51. The lowest BCUT2D eigenvalue weighted by molar-refractivity contribution is -0.133. The van der Waals surface area contributed by atoms with Crippen LogP contribution in [-0.4, -0.2) is 72.7 Å². The zero-order valence-corrected chi connectivity index (χ0v) is 20.5. The van der Waals surface area contributed by atoms with Crippen LogP contribution >= 0.6 is 11.3 Å². The van der Waals surface area contributed by atoms with Crippen molar-refractivity contribution in [2.24, 2.45) is 0 Å². The molecular weight excluding hydrogens is 468 g/mol. The highest BCUT2D eigenvalue weighted by molar-refractivity contribution is 7.92. The molecule has 7 nitrogen and oxygen atoms in total. The Bertz CT molecular complexity index is 1250. The number of carbonyl (C=O) groups excluding carboxylic acids is 1. The van der Waals surface area contributed by atoms with E-state index in [9.17, 15) is 13.2 Å². The summed E-state index contributed by atoms with van der Waals surface area (Å²) in [5.74, 6) is 0.0601. The van der Waals surface area contributed by atoms with E-state index >= 15 is 0 Å². The summed E-state index contributed by atoms with van der Waals surface area (Å²) in [6.07, 6.45) is 3.67. The van der Waals surface area contributed by atoms with Crippen molar-refractivity contribution in [3.63, 3.8) is 0 Å². The first-order chi connectivity index (χ1) is 16.5. The SMILES string of the molecule is O=C(CN1CCCC1c1nc2ccccc2s1)N1CCN(S(=O)(=O)/C=C/c2ccccc2)CC1. The Labute approximate surface area is 204 Å². The van der Waals surface area contributed by atoms with Gasteiger partial charge in [-0.3, -0.25) is 9.69 Å². The predicted molar refractivity (Wildman–Crippen MR) is 136 cm³/mol. The van der Waals surface area contributed by atoms with Crippen LogP contribution in [0.3, 0.4) is 0 Å². The summed E-state index contributed by atoms with van der Waals surface area (Å²) < 4.78 is 28.0. The summed E-state index contributed by atoms with van der Waals surface area (Å²) in [6.45, 7) is 2.68. The summed E-state index contributed by atoms with van der Waals surface area (Å²) in [4.78, 5) is 21.9. The number of thiazole rings is 1. The van der Waals surface area contributed by atoms with Gasteiger partial charge in [0.15, 0.2) is 0 Å². The minimum Gasteiger partial charge on any atom is -0.339 e. The zero-order valence-electron chi connectivity index (χ0n) is 18.9. The maximum absolute atomic E-state index is 13.1. The van der Waals surface area contributed by atoms with Crippen molar-refractivity contribution in [1.82, 2.24) is 19.1 Å². The first kappa shape index (κ1) is 23.2. The van der Waals surface area contributed by atoms with E-state index in [1.807, 2.05) is 48.5 Å². The standard InChI is InChI=1S/C25H28N4O3S2/c30-24(19-28-13-6-10-22(28)25-26-21-9-4-5-11-23(21)33-25)27-14-16-29(17-15-27)34(31,32)18-12-20-7-2-1-3-8-20/h1-5,7-9,11-12,18,22H,6,10,13-17,19H2/b18-12+. The third-order valence-corrected chi connectivity index (χ3v) is 9.18. The number of aromatic nitrogens is 1. The average molecular weight is 497 g/mol. The van der Waals surface area contributed by atoms with Crippen LogP contribution in [0.5, 0.6) is 0 Å². The van der Waals surface area contributed by atoms with E-state index in [-0.39, 0.29) is 11.9 Å². The first-order valence-electron chi connectivity index (χ1n) is 11.6. The number of para-hydroxylation sites is 1. The van der Waals surface area contributed by atoms with Gasteiger partial charge in [-0.05, 0) is 43.2 Å². The minimum absolute atomic E-state index is 0.0601. The number of hydrogen-bond acceptors (Lipinski definition) is 6. The Morgan fingerprint density at radius 3 is 2.50 bits per heavy atom. The number of amides is 1. The topological polar surface area (TPSA) is 73.8 Å². The van der Waals surface area contributed by atoms with E-state index in [1.54, 1.807) is 22.3 Å². The summed E-state index contributed by atoms with van der Waals surface area (Å²) >= 11 is 1.71. The Balaban J connectivity index is 1.17. The van der Waals surface area contributed by atoms with Crippen molar-refractivity contribution in [2.75, 3.05) is 39.3 Å². The Morgan fingerprint density at radius 2 is 1.74 bits per heavy atom. The van der Waals surface area contributed by atoms with Gasteiger partial charge in [-0.1, -0.05) is 42.5 Å². The molecule has 34 heavy (non-hydrogen) atoms. The maximum Gasteiger partial charge on any atom is 0.236 e. The van der Waals surface area contributed by atoms with Crippen LogP contribution < -0.4 is 0 Å². The van der Waals surface area contributed by atoms with Gasteiger partial charge in [0.25, 0.3) is 0 Å². The lowest BCUT2D eigenvalue weighted by atomic mass is 10.2. The number of hydrogen-bond donors (Lipinski definition) is 0. The molecule has 2 aromatic carbocycles. The van der Waals surface area contributed by atoms with Crippen molar-refractivity contribution in [1.29, 1.82) is 0 Å². The van der Waals surface area contributed by atoms with Crippen molar-refractivity contribution in [2.45, 2.75) is 18.9 Å². The van der Waals surface area contributed by atoms with Crippen LogP contribution in [-0.2, 0) is 14.8 Å². The van der Waals surface area contributed by atoms with E-state index in [0.29, 0.717) is 32.7 Å². The van der Waals surface area contributed by atoms with Gasteiger partial charge >= 0.3 is 0 Å². The molecular formula is C25H28N4O3S2. The minimum atomic E-state index is -3.51. The second-order valence-electron chi connectivity index (χ2n) is 8.69. The number of fused-ring (bicyclic) bond motifs is 1. The third kappa shape index (κ3) is 5.07. The second-order valence-corrected chi connectivity index (χ2v) is 11.6. The molecule has 0 saturated carbocycles. The van der Waals surface area contributed by atoms with Gasteiger partial charge in [0.2, 0.25) is 15.9 Å². The van der Waals surface area contributed by atoms with Gasteiger partial charge in [-0.2, -0.15) is 4.31 Å². The number of piperazine rings is 1. The number of nitrogens with zero attached hydrogens (tertiary/aromatic N) is 4. The van der Waals surface area contributed by atoms with E-state index in [4.69, 9.17) is 4.98 Å². The van der Waals surface area contributed by atoms with E-state index in [2.05, 4.69) is 11.0 Å². The highest BCUT2D eigenvalue weighted by atomic mass is 32.2. The molecule has 1 atom stereocenters. The molecule has 3 heterocycles. The van der Waals surface area contributed by atoms with Crippen LogP contribution in [0.4, 0.5) is 0 Å². The number of rotatable bonds is 6. The molecule has 0 N–H and O–H groups in total. The molecule has 0 radical (unpaired) electrons. The molecule has 0 bridgehead atoms. The van der Waals surface area contributed by atoms with Crippen LogP contribution in [0, 0.1) is 0 Å². The third-order valence-electron chi connectivity index (χ3n) is 6.48. The maximum atomic E-state index is 13.1. The fraction of sp³-hybridized carbons (Fsp3) is 0.360. The second kappa shape index (κ2) is 9.95. The number of benzene rings is 2. The van der Waals surface area contributed by atoms with Gasteiger partial charge in [-0.25, -0.2) is 13.4 Å². The summed E-state index contributed by atoms with van der Waals surface area (Å²) in [5.41, 5.74) is 1.85. The van der Waals surface area contributed by atoms with Crippen molar-refractivity contribution in [3.05, 3.63) is 70.6 Å². The number of sulfonamides is 1. The van der Waals surface area contributed by atoms with E-state index in [1.165, 1.54) is 14.4 Å². The van der Waals surface area contributed by atoms with E-state index in [0.717, 1.165) is 35.5 Å². The molecule has 1 amide bonds. The number of carbonyl (C=O) groups is 1. The molecule has 5 rings (SSSR count). The molecule has 9 heteroatoms. The highest BCUT2D eigenvalue weighted by Crippen LogP contribution is 2.36.